The summed E-state index contributed by atoms with van der Waals surface area (Å²) in [6.07, 6.45) is 0.174. The quantitative estimate of drug-likeness (QED) is 0.920. The summed E-state index contributed by atoms with van der Waals surface area (Å²) < 4.78 is 53.7. The summed E-state index contributed by atoms with van der Waals surface area (Å²) in [6, 6.07) is 6.85. The van der Waals surface area contributed by atoms with E-state index in [2.05, 4.69) is 4.72 Å². The maximum atomic E-state index is 13.7. The van der Waals surface area contributed by atoms with Crippen LogP contribution in [0.2, 0.25) is 0 Å². The molecule has 3 rings (SSSR count). The Morgan fingerprint density at radius 3 is 2.62 bits per heavy atom. The van der Waals surface area contributed by atoms with Crippen LogP contribution >= 0.6 is 0 Å². The third kappa shape index (κ3) is 2.84. The van der Waals surface area contributed by atoms with Gasteiger partial charge in [-0.2, -0.15) is 0 Å². The van der Waals surface area contributed by atoms with E-state index in [1.807, 2.05) is 6.92 Å². The lowest BCUT2D eigenvalue weighted by Crippen LogP contribution is -2.25. The van der Waals surface area contributed by atoms with E-state index in [1.54, 1.807) is 11.0 Å². The summed E-state index contributed by atoms with van der Waals surface area (Å²) >= 11 is 0. The van der Waals surface area contributed by atoms with Crippen molar-refractivity contribution in [1.82, 2.24) is 0 Å². The maximum absolute atomic E-state index is 13.7. The summed E-state index contributed by atoms with van der Waals surface area (Å²) in [6.45, 7) is 2.36. The lowest BCUT2D eigenvalue weighted by atomic mass is 10.1. The van der Waals surface area contributed by atoms with Crippen LogP contribution in [0.1, 0.15) is 12.5 Å². The van der Waals surface area contributed by atoms with Crippen molar-refractivity contribution in [3.05, 3.63) is 53.6 Å². The standard InChI is InChI=1S/C16H14F2N2O3S/c1-2-20-14-6-4-12(7-10(14)8-16(20)21)19-24(22,23)15-9-11(17)3-5-13(15)18/h3-7,9,19H,2,8H2,1H3. The van der Waals surface area contributed by atoms with Gasteiger partial charge in [-0.25, -0.2) is 17.2 Å². The van der Waals surface area contributed by atoms with Gasteiger partial charge >= 0.3 is 0 Å². The van der Waals surface area contributed by atoms with Crippen molar-refractivity contribution < 1.29 is 22.0 Å². The van der Waals surface area contributed by atoms with Crippen LogP contribution in [0.25, 0.3) is 0 Å². The predicted molar refractivity (Wildman–Crippen MR) is 85.3 cm³/mol. The van der Waals surface area contributed by atoms with E-state index in [4.69, 9.17) is 0 Å². The normalized spacial score (nSPS) is 14.0. The summed E-state index contributed by atoms with van der Waals surface area (Å²) in [5.74, 6) is -1.96. The second-order valence-corrected chi connectivity index (χ2v) is 6.99. The first kappa shape index (κ1) is 16.4. The zero-order chi connectivity index (χ0) is 17.5. The maximum Gasteiger partial charge on any atom is 0.264 e. The second-order valence-electron chi connectivity index (χ2n) is 5.34. The summed E-state index contributed by atoms with van der Waals surface area (Å²) in [7, 11) is -4.28. The van der Waals surface area contributed by atoms with Crippen molar-refractivity contribution in [2.45, 2.75) is 18.2 Å². The van der Waals surface area contributed by atoms with Crippen molar-refractivity contribution in [3.63, 3.8) is 0 Å². The van der Waals surface area contributed by atoms with Crippen molar-refractivity contribution in [3.8, 4) is 0 Å². The fourth-order valence-electron chi connectivity index (χ4n) is 2.69. The largest absolute Gasteiger partial charge is 0.312 e. The van der Waals surface area contributed by atoms with Crippen molar-refractivity contribution in [2.24, 2.45) is 0 Å². The molecule has 24 heavy (non-hydrogen) atoms. The van der Waals surface area contributed by atoms with Crippen LogP contribution in [0.3, 0.4) is 0 Å². The molecule has 8 heteroatoms. The van der Waals surface area contributed by atoms with Crippen LogP contribution in [0.15, 0.2) is 41.3 Å². The van der Waals surface area contributed by atoms with Crippen LogP contribution in [0, 0.1) is 11.6 Å². The number of nitrogens with zero attached hydrogens (tertiary/aromatic N) is 1. The molecule has 0 spiro atoms. The predicted octanol–water partition coefficient (Wildman–Crippen LogP) is 2.67. The smallest absolute Gasteiger partial charge is 0.264 e. The number of rotatable bonds is 4. The molecule has 1 aliphatic rings. The molecule has 0 saturated heterocycles. The monoisotopic (exact) mass is 352 g/mol. The molecule has 0 bridgehead atoms. The minimum Gasteiger partial charge on any atom is -0.312 e. The lowest BCUT2D eigenvalue weighted by molar-refractivity contribution is -0.117. The summed E-state index contributed by atoms with van der Waals surface area (Å²) in [5, 5.41) is 0. The van der Waals surface area contributed by atoms with E-state index < -0.39 is 26.6 Å². The number of anilines is 2. The lowest BCUT2D eigenvalue weighted by Gasteiger charge is -2.15. The highest BCUT2D eigenvalue weighted by Crippen LogP contribution is 2.31. The van der Waals surface area contributed by atoms with Crippen LogP contribution in [-0.2, 0) is 21.2 Å². The van der Waals surface area contributed by atoms with E-state index in [1.165, 1.54) is 12.1 Å². The fraction of sp³-hybridized carbons (Fsp3) is 0.188. The highest BCUT2D eigenvalue weighted by molar-refractivity contribution is 7.92. The average Bonchev–Trinajstić information content (AvgIpc) is 2.83. The number of carbonyl (C=O) groups is 1. The number of nitrogens with one attached hydrogen (secondary N) is 1. The molecule has 0 fully saturated rings. The van der Waals surface area contributed by atoms with Gasteiger partial charge < -0.3 is 4.90 Å². The van der Waals surface area contributed by atoms with Gasteiger partial charge in [0, 0.05) is 17.9 Å². The van der Waals surface area contributed by atoms with Crippen molar-refractivity contribution in [1.29, 1.82) is 0 Å². The molecular weight excluding hydrogens is 338 g/mol. The Morgan fingerprint density at radius 2 is 1.92 bits per heavy atom. The van der Waals surface area contributed by atoms with E-state index in [0.29, 0.717) is 18.2 Å². The molecule has 126 valence electrons. The van der Waals surface area contributed by atoms with E-state index in [-0.39, 0.29) is 18.0 Å². The SMILES string of the molecule is CCN1C(=O)Cc2cc(NS(=O)(=O)c3cc(F)ccc3F)ccc21. The van der Waals surface area contributed by atoms with Crippen molar-refractivity contribution >= 4 is 27.3 Å². The molecule has 1 N–H and O–H groups in total. The molecule has 0 radical (unpaired) electrons. The Labute approximate surface area is 138 Å². The molecule has 2 aromatic carbocycles. The molecule has 0 unspecified atom stereocenters. The summed E-state index contributed by atoms with van der Waals surface area (Å²) in [4.78, 5) is 12.7. The molecule has 1 heterocycles. The van der Waals surface area contributed by atoms with Crippen LogP contribution in [-0.4, -0.2) is 20.9 Å². The third-order valence-corrected chi connectivity index (χ3v) is 5.16. The van der Waals surface area contributed by atoms with Gasteiger partial charge in [0.05, 0.1) is 6.42 Å². The van der Waals surface area contributed by atoms with E-state index in [0.717, 1.165) is 17.8 Å². The van der Waals surface area contributed by atoms with Crippen LogP contribution < -0.4 is 9.62 Å². The number of benzene rings is 2. The average molecular weight is 352 g/mol. The van der Waals surface area contributed by atoms with Gasteiger partial charge in [0.15, 0.2) is 0 Å². The third-order valence-electron chi connectivity index (χ3n) is 3.76. The molecule has 1 amide bonds. The van der Waals surface area contributed by atoms with Gasteiger partial charge in [-0.3, -0.25) is 9.52 Å². The fourth-order valence-corrected chi connectivity index (χ4v) is 3.83. The number of halogens is 2. The minimum atomic E-state index is -4.28. The Balaban J connectivity index is 1.93. The number of hydrogen-bond acceptors (Lipinski definition) is 3. The molecule has 0 aromatic heterocycles. The van der Waals surface area contributed by atoms with Gasteiger partial charge in [0.1, 0.15) is 16.5 Å². The number of amides is 1. The Kier molecular flexibility index (Phi) is 4.00. The molecule has 0 atom stereocenters. The van der Waals surface area contributed by atoms with Crippen molar-refractivity contribution in [2.75, 3.05) is 16.2 Å². The van der Waals surface area contributed by atoms with Gasteiger partial charge in [0.25, 0.3) is 10.0 Å². The number of hydrogen-bond donors (Lipinski definition) is 1. The highest BCUT2D eigenvalue weighted by atomic mass is 32.2. The Hall–Kier alpha value is -2.48. The number of likely N-dealkylation sites (N-methyl/N-ethyl adjacent to an activating group) is 1. The van der Waals surface area contributed by atoms with Gasteiger partial charge in [0.2, 0.25) is 5.91 Å². The molecule has 2 aromatic rings. The summed E-state index contributed by atoms with van der Waals surface area (Å²) in [5.41, 5.74) is 1.59. The Bertz CT molecular complexity index is 929. The molecule has 0 saturated carbocycles. The number of sulfonamides is 1. The zero-order valence-corrected chi connectivity index (χ0v) is 13.5. The number of carbonyl (C=O) groups excluding carboxylic acids is 1. The van der Waals surface area contributed by atoms with Gasteiger partial charge in [-0.15, -0.1) is 0 Å². The minimum absolute atomic E-state index is 0.0660. The number of fused-ring (bicyclic) bond motifs is 1. The first-order valence-electron chi connectivity index (χ1n) is 7.23. The highest BCUT2D eigenvalue weighted by Gasteiger charge is 2.27. The topological polar surface area (TPSA) is 66.5 Å². The second kappa shape index (κ2) is 5.86. The zero-order valence-electron chi connectivity index (χ0n) is 12.7. The van der Waals surface area contributed by atoms with Crippen LogP contribution in [0.4, 0.5) is 20.2 Å². The van der Waals surface area contributed by atoms with Gasteiger partial charge in [-0.1, -0.05) is 0 Å². The van der Waals surface area contributed by atoms with Gasteiger partial charge in [-0.05, 0) is 48.9 Å². The molecule has 0 aliphatic carbocycles. The first-order valence-corrected chi connectivity index (χ1v) is 8.71. The van der Waals surface area contributed by atoms with E-state index >= 15 is 0 Å². The molecule has 5 nitrogen and oxygen atoms in total. The first-order chi connectivity index (χ1) is 11.3. The van der Waals surface area contributed by atoms with Crippen LogP contribution in [0.5, 0.6) is 0 Å². The molecule has 1 aliphatic heterocycles. The van der Waals surface area contributed by atoms with E-state index in [9.17, 15) is 22.0 Å². The Morgan fingerprint density at radius 1 is 1.17 bits per heavy atom. The molecular formula is C16H14F2N2O3S.